The summed E-state index contributed by atoms with van der Waals surface area (Å²) in [6.45, 7) is 0.725. The van der Waals surface area contributed by atoms with E-state index in [0.717, 1.165) is 24.9 Å². The minimum Gasteiger partial charge on any atom is -0.493 e. The highest BCUT2D eigenvalue weighted by atomic mass is 35.5. The minimum atomic E-state index is -0.0297. The molecule has 0 aromatic heterocycles. The van der Waals surface area contributed by atoms with Crippen LogP contribution in [0.4, 0.5) is 0 Å². The molecule has 1 amide bonds. The van der Waals surface area contributed by atoms with E-state index >= 15 is 0 Å². The van der Waals surface area contributed by atoms with E-state index < -0.39 is 0 Å². The van der Waals surface area contributed by atoms with Gasteiger partial charge in [-0.3, -0.25) is 4.79 Å². The fourth-order valence-electron chi connectivity index (χ4n) is 3.21. The second kappa shape index (κ2) is 7.14. The van der Waals surface area contributed by atoms with Gasteiger partial charge in [-0.15, -0.1) is 0 Å². The first kappa shape index (κ1) is 16.7. The third kappa shape index (κ3) is 3.06. The van der Waals surface area contributed by atoms with Gasteiger partial charge in [0.1, 0.15) is 0 Å². The number of amides is 1. The van der Waals surface area contributed by atoms with Crippen molar-refractivity contribution in [1.29, 1.82) is 0 Å². The fraction of sp³-hybridized carbons (Fsp3) is 0.316. The SMILES string of the molecule is COc1ccc([C@@H]2CCCN2C(=O)c2ccccc2Cl)cc1OC. The number of likely N-dealkylation sites (tertiary alicyclic amines) is 1. The van der Waals surface area contributed by atoms with Gasteiger partial charge in [-0.25, -0.2) is 0 Å². The highest BCUT2D eigenvalue weighted by molar-refractivity contribution is 6.33. The maximum Gasteiger partial charge on any atom is 0.255 e. The van der Waals surface area contributed by atoms with Crippen molar-refractivity contribution in [3.63, 3.8) is 0 Å². The van der Waals surface area contributed by atoms with Crippen molar-refractivity contribution in [2.45, 2.75) is 18.9 Å². The van der Waals surface area contributed by atoms with Gasteiger partial charge in [0.05, 0.1) is 30.8 Å². The molecule has 1 atom stereocenters. The van der Waals surface area contributed by atoms with Gasteiger partial charge in [0.15, 0.2) is 11.5 Å². The van der Waals surface area contributed by atoms with E-state index in [4.69, 9.17) is 21.1 Å². The van der Waals surface area contributed by atoms with Crippen LogP contribution in [-0.2, 0) is 0 Å². The fourth-order valence-corrected chi connectivity index (χ4v) is 3.42. The lowest BCUT2D eigenvalue weighted by Crippen LogP contribution is -2.30. The van der Waals surface area contributed by atoms with E-state index in [2.05, 4.69) is 0 Å². The highest BCUT2D eigenvalue weighted by Gasteiger charge is 2.31. The second-order valence-electron chi connectivity index (χ2n) is 5.75. The number of carbonyl (C=O) groups excluding carboxylic acids is 1. The lowest BCUT2D eigenvalue weighted by molar-refractivity contribution is 0.0735. The normalized spacial score (nSPS) is 17.0. The lowest BCUT2D eigenvalue weighted by Gasteiger charge is -2.26. The van der Waals surface area contributed by atoms with Crippen LogP contribution in [0.5, 0.6) is 11.5 Å². The van der Waals surface area contributed by atoms with Crippen molar-refractivity contribution >= 4 is 17.5 Å². The van der Waals surface area contributed by atoms with E-state index in [9.17, 15) is 4.79 Å². The molecule has 0 saturated carbocycles. The standard InChI is InChI=1S/C19H20ClNO3/c1-23-17-10-9-13(12-18(17)24-2)16-8-5-11-21(16)19(22)14-6-3-4-7-15(14)20/h3-4,6-7,9-10,12,16H,5,8,11H2,1-2H3/t16-/m0/s1. The molecule has 5 heteroatoms. The molecule has 1 aliphatic rings. The molecule has 4 nitrogen and oxygen atoms in total. The Labute approximate surface area is 146 Å². The predicted octanol–water partition coefficient (Wildman–Crippen LogP) is 4.33. The maximum absolute atomic E-state index is 12.9. The Kier molecular flexibility index (Phi) is 4.95. The number of halogens is 1. The zero-order chi connectivity index (χ0) is 17.1. The average Bonchev–Trinajstić information content (AvgIpc) is 3.10. The van der Waals surface area contributed by atoms with Gasteiger partial charge in [0.2, 0.25) is 0 Å². The Hall–Kier alpha value is -2.20. The third-order valence-electron chi connectivity index (χ3n) is 4.41. The van der Waals surface area contributed by atoms with Gasteiger partial charge in [-0.2, -0.15) is 0 Å². The molecular weight excluding hydrogens is 326 g/mol. The number of hydrogen-bond donors (Lipinski definition) is 0. The molecule has 0 unspecified atom stereocenters. The molecule has 24 heavy (non-hydrogen) atoms. The van der Waals surface area contributed by atoms with Crippen molar-refractivity contribution in [2.24, 2.45) is 0 Å². The first-order valence-electron chi connectivity index (χ1n) is 7.93. The van der Waals surface area contributed by atoms with Crippen molar-refractivity contribution in [3.05, 3.63) is 58.6 Å². The van der Waals surface area contributed by atoms with Crippen LogP contribution in [0.25, 0.3) is 0 Å². The van der Waals surface area contributed by atoms with Crippen molar-refractivity contribution < 1.29 is 14.3 Å². The molecule has 1 fully saturated rings. The molecule has 3 rings (SSSR count). The monoisotopic (exact) mass is 345 g/mol. The molecule has 0 N–H and O–H groups in total. The molecule has 2 aromatic rings. The lowest BCUT2D eigenvalue weighted by atomic mass is 10.0. The number of nitrogens with zero attached hydrogens (tertiary/aromatic N) is 1. The number of hydrogen-bond acceptors (Lipinski definition) is 3. The summed E-state index contributed by atoms with van der Waals surface area (Å²) in [6.07, 6.45) is 1.89. The molecule has 126 valence electrons. The zero-order valence-electron chi connectivity index (χ0n) is 13.8. The van der Waals surface area contributed by atoms with E-state index in [1.165, 1.54) is 0 Å². The van der Waals surface area contributed by atoms with Crippen LogP contribution in [0.15, 0.2) is 42.5 Å². The highest BCUT2D eigenvalue weighted by Crippen LogP contribution is 2.38. The molecule has 2 aromatic carbocycles. The van der Waals surface area contributed by atoms with Gasteiger partial charge >= 0.3 is 0 Å². The van der Waals surface area contributed by atoms with Crippen LogP contribution in [0.3, 0.4) is 0 Å². The van der Waals surface area contributed by atoms with Crippen LogP contribution >= 0.6 is 11.6 Å². The quantitative estimate of drug-likeness (QED) is 0.827. The zero-order valence-corrected chi connectivity index (χ0v) is 14.5. The van der Waals surface area contributed by atoms with Crippen LogP contribution < -0.4 is 9.47 Å². The summed E-state index contributed by atoms with van der Waals surface area (Å²) in [5, 5.41) is 0.487. The maximum atomic E-state index is 12.9. The summed E-state index contributed by atoms with van der Waals surface area (Å²) in [7, 11) is 3.23. The molecule has 1 heterocycles. The molecule has 0 radical (unpaired) electrons. The Morgan fingerprint density at radius 2 is 1.88 bits per heavy atom. The second-order valence-corrected chi connectivity index (χ2v) is 6.16. The largest absolute Gasteiger partial charge is 0.493 e. The van der Waals surface area contributed by atoms with Crippen molar-refractivity contribution in [2.75, 3.05) is 20.8 Å². The molecule has 1 saturated heterocycles. The number of ether oxygens (including phenoxy) is 2. The summed E-state index contributed by atoms with van der Waals surface area (Å²) in [6, 6.07) is 13.0. The molecular formula is C19H20ClNO3. The Balaban J connectivity index is 1.91. The van der Waals surface area contributed by atoms with Crippen molar-refractivity contribution in [1.82, 2.24) is 4.90 Å². The first-order valence-corrected chi connectivity index (χ1v) is 8.31. The van der Waals surface area contributed by atoms with E-state index in [1.807, 2.05) is 35.2 Å². The van der Waals surface area contributed by atoms with Gasteiger partial charge in [0.25, 0.3) is 5.91 Å². The minimum absolute atomic E-state index is 0.0218. The number of benzene rings is 2. The molecule has 0 bridgehead atoms. The topological polar surface area (TPSA) is 38.8 Å². The van der Waals surface area contributed by atoms with Crippen molar-refractivity contribution in [3.8, 4) is 11.5 Å². The average molecular weight is 346 g/mol. The molecule has 0 spiro atoms. The van der Waals surface area contributed by atoms with Crippen LogP contribution in [0.1, 0.15) is 34.8 Å². The summed E-state index contributed by atoms with van der Waals surface area (Å²) >= 11 is 6.19. The number of methoxy groups -OCH3 is 2. The smallest absolute Gasteiger partial charge is 0.255 e. The summed E-state index contributed by atoms with van der Waals surface area (Å²) < 4.78 is 10.7. The van der Waals surface area contributed by atoms with Gasteiger partial charge < -0.3 is 14.4 Å². The van der Waals surface area contributed by atoms with E-state index in [1.54, 1.807) is 26.4 Å². The van der Waals surface area contributed by atoms with Crippen LogP contribution in [-0.4, -0.2) is 31.6 Å². The summed E-state index contributed by atoms with van der Waals surface area (Å²) in [4.78, 5) is 14.8. The summed E-state index contributed by atoms with van der Waals surface area (Å²) in [5.41, 5.74) is 1.59. The van der Waals surface area contributed by atoms with Gasteiger partial charge in [-0.1, -0.05) is 29.8 Å². The number of rotatable bonds is 4. The Morgan fingerprint density at radius 1 is 1.12 bits per heavy atom. The first-order chi connectivity index (χ1) is 11.7. The van der Waals surface area contributed by atoms with Gasteiger partial charge in [0, 0.05) is 6.54 Å². The molecule has 1 aliphatic heterocycles. The summed E-state index contributed by atoms with van der Waals surface area (Å²) in [5.74, 6) is 1.33. The van der Waals surface area contributed by atoms with Gasteiger partial charge in [-0.05, 0) is 42.7 Å². The van der Waals surface area contributed by atoms with Crippen LogP contribution in [0, 0.1) is 0 Å². The van der Waals surface area contributed by atoms with E-state index in [-0.39, 0.29) is 11.9 Å². The Bertz CT molecular complexity index is 747. The Morgan fingerprint density at radius 3 is 2.58 bits per heavy atom. The molecule has 0 aliphatic carbocycles. The number of carbonyl (C=O) groups is 1. The van der Waals surface area contributed by atoms with Crippen LogP contribution in [0.2, 0.25) is 5.02 Å². The third-order valence-corrected chi connectivity index (χ3v) is 4.74. The van der Waals surface area contributed by atoms with E-state index in [0.29, 0.717) is 22.1 Å². The predicted molar refractivity (Wildman–Crippen MR) is 94.0 cm³/mol.